The van der Waals surface area contributed by atoms with Crippen LogP contribution in [0.1, 0.15) is 45.5 Å². The Balaban J connectivity index is 0.00000280. The van der Waals surface area contributed by atoms with E-state index in [4.69, 9.17) is 9.47 Å². The summed E-state index contributed by atoms with van der Waals surface area (Å²) < 4.78 is 39.1. The van der Waals surface area contributed by atoms with Crippen molar-refractivity contribution in [2.75, 3.05) is 12.1 Å². The molecule has 0 spiro atoms. The number of pyridine rings is 1. The van der Waals surface area contributed by atoms with Gasteiger partial charge in [-0.05, 0) is 67.6 Å². The van der Waals surface area contributed by atoms with Crippen LogP contribution in [0.15, 0.2) is 65.6 Å². The number of anilines is 1. The number of carbonyl (C=O) groups excluding carboxylic acids is 1. The molecule has 36 heavy (non-hydrogen) atoms. The van der Waals surface area contributed by atoms with E-state index in [1.807, 2.05) is 30.3 Å². The number of nitrogens with zero attached hydrogens (tertiary/aromatic N) is 1. The lowest BCUT2D eigenvalue weighted by molar-refractivity contribution is -0.118. The number of nitrogens with one attached hydrogen (secondary N) is 2. The van der Waals surface area contributed by atoms with E-state index in [1.165, 1.54) is 0 Å². The predicted molar refractivity (Wildman–Crippen MR) is 136 cm³/mol. The van der Waals surface area contributed by atoms with Crippen LogP contribution in [0.2, 0.25) is 0 Å². The van der Waals surface area contributed by atoms with Gasteiger partial charge in [0.05, 0.1) is 16.0 Å². The Morgan fingerprint density at radius 3 is 2.47 bits per heavy atom. The van der Waals surface area contributed by atoms with Crippen LogP contribution < -0.4 is 19.5 Å². The number of ether oxygens (including phenoxy) is 2. The zero-order valence-electron chi connectivity index (χ0n) is 19.7. The van der Waals surface area contributed by atoms with Crippen LogP contribution >= 0.6 is 0 Å². The standard InChI is InChI=1S/C27H27N3O5S.H2/c31-26(27(14-15-27)19-10-13-23-24(16-19)35-17-34-23)29-25-7-3-6-22(28-25)18-8-11-21(12-9-18)36(32,33)30-20-4-1-2-5-20;/h3,6-13,16,20,30H,1-2,4-5,14-15,17H2,(H,28,29,31);1H. The third kappa shape index (κ3) is 4.33. The van der Waals surface area contributed by atoms with Gasteiger partial charge in [0, 0.05) is 13.0 Å². The molecule has 2 heterocycles. The summed E-state index contributed by atoms with van der Waals surface area (Å²) in [5.41, 5.74) is 1.72. The number of aromatic nitrogens is 1. The molecule has 0 bridgehead atoms. The molecule has 1 amide bonds. The molecule has 2 N–H and O–H groups in total. The van der Waals surface area contributed by atoms with Gasteiger partial charge in [-0.3, -0.25) is 4.79 Å². The van der Waals surface area contributed by atoms with Gasteiger partial charge in [0.25, 0.3) is 0 Å². The molecule has 1 aliphatic heterocycles. The Bertz CT molecular complexity index is 1420. The molecule has 2 aromatic carbocycles. The lowest BCUT2D eigenvalue weighted by Gasteiger charge is -2.16. The third-order valence-electron chi connectivity index (χ3n) is 7.24. The molecule has 2 saturated carbocycles. The number of hydrogen-bond donors (Lipinski definition) is 2. The molecule has 9 heteroatoms. The number of rotatable bonds is 7. The van der Waals surface area contributed by atoms with E-state index < -0.39 is 15.4 Å². The Labute approximate surface area is 211 Å². The average molecular weight is 508 g/mol. The Hall–Kier alpha value is -3.43. The SMILES string of the molecule is O=C(Nc1cccc(-c2ccc(S(=O)(=O)NC3CCCC3)cc2)n1)C1(c2ccc3c(c2)OCO3)CC1.[HH]. The summed E-state index contributed by atoms with van der Waals surface area (Å²) in [6.07, 6.45) is 5.39. The van der Waals surface area contributed by atoms with Gasteiger partial charge in [0.15, 0.2) is 11.5 Å². The number of fused-ring (bicyclic) bond motifs is 1. The van der Waals surface area contributed by atoms with E-state index in [0.717, 1.165) is 49.7 Å². The van der Waals surface area contributed by atoms with Gasteiger partial charge in [-0.2, -0.15) is 0 Å². The second-order valence-corrected chi connectivity index (χ2v) is 11.4. The first-order valence-electron chi connectivity index (χ1n) is 12.2. The molecule has 6 rings (SSSR count). The fraction of sp³-hybridized carbons (Fsp3) is 0.333. The third-order valence-corrected chi connectivity index (χ3v) is 8.77. The first kappa shape index (κ1) is 23.0. The molecule has 2 aliphatic carbocycles. The minimum Gasteiger partial charge on any atom is -0.454 e. The first-order chi connectivity index (χ1) is 17.4. The number of hydrogen-bond acceptors (Lipinski definition) is 6. The number of carbonyl (C=O) groups is 1. The molecule has 1 aromatic heterocycles. The summed E-state index contributed by atoms with van der Waals surface area (Å²) in [5.74, 6) is 1.70. The number of benzene rings is 2. The van der Waals surface area contributed by atoms with E-state index in [9.17, 15) is 13.2 Å². The van der Waals surface area contributed by atoms with Gasteiger partial charge in [0.2, 0.25) is 22.7 Å². The average Bonchev–Trinajstić information content (AvgIpc) is 3.29. The van der Waals surface area contributed by atoms with Crippen molar-refractivity contribution in [3.05, 3.63) is 66.2 Å². The van der Waals surface area contributed by atoms with Crippen LogP contribution in [0.4, 0.5) is 5.82 Å². The molecular formula is C27H29N3O5S. The second-order valence-electron chi connectivity index (χ2n) is 9.64. The molecule has 2 fully saturated rings. The Morgan fingerprint density at radius 1 is 0.972 bits per heavy atom. The van der Waals surface area contributed by atoms with Gasteiger partial charge in [-0.1, -0.05) is 37.1 Å². The van der Waals surface area contributed by atoms with Crippen molar-refractivity contribution in [3.63, 3.8) is 0 Å². The summed E-state index contributed by atoms with van der Waals surface area (Å²) >= 11 is 0. The zero-order valence-corrected chi connectivity index (χ0v) is 20.5. The van der Waals surface area contributed by atoms with Crippen LogP contribution in [-0.2, 0) is 20.2 Å². The van der Waals surface area contributed by atoms with Crippen molar-refractivity contribution in [2.45, 2.75) is 54.9 Å². The van der Waals surface area contributed by atoms with Gasteiger partial charge in [0.1, 0.15) is 5.82 Å². The van der Waals surface area contributed by atoms with Crippen molar-refractivity contribution in [2.24, 2.45) is 0 Å². The quantitative estimate of drug-likeness (QED) is 0.484. The van der Waals surface area contributed by atoms with E-state index in [1.54, 1.807) is 30.3 Å². The highest BCUT2D eigenvalue weighted by Gasteiger charge is 2.51. The van der Waals surface area contributed by atoms with Crippen LogP contribution in [0.5, 0.6) is 11.5 Å². The van der Waals surface area contributed by atoms with Crippen LogP contribution in [0, 0.1) is 0 Å². The predicted octanol–water partition coefficient (Wildman–Crippen LogP) is 4.61. The fourth-order valence-corrected chi connectivity index (χ4v) is 6.31. The minimum atomic E-state index is -3.55. The maximum atomic E-state index is 13.2. The monoisotopic (exact) mass is 507 g/mol. The van der Waals surface area contributed by atoms with Crippen LogP contribution in [0.3, 0.4) is 0 Å². The number of amides is 1. The maximum Gasteiger partial charge on any atom is 0.240 e. The highest BCUT2D eigenvalue weighted by atomic mass is 32.2. The van der Waals surface area contributed by atoms with Crippen molar-refractivity contribution in [1.82, 2.24) is 9.71 Å². The molecule has 0 radical (unpaired) electrons. The highest BCUT2D eigenvalue weighted by molar-refractivity contribution is 7.89. The van der Waals surface area contributed by atoms with Gasteiger partial charge >= 0.3 is 0 Å². The largest absolute Gasteiger partial charge is 0.454 e. The van der Waals surface area contributed by atoms with E-state index >= 15 is 0 Å². The summed E-state index contributed by atoms with van der Waals surface area (Å²) in [6.45, 7) is 0.193. The Kier molecular flexibility index (Phi) is 5.69. The van der Waals surface area contributed by atoms with E-state index in [-0.39, 0.29) is 25.1 Å². The molecule has 0 atom stereocenters. The first-order valence-corrected chi connectivity index (χ1v) is 13.7. The van der Waals surface area contributed by atoms with Crippen molar-refractivity contribution < 1.29 is 24.1 Å². The van der Waals surface area contributed by atoms with Gasteiger partial charge in [-0.25, -0.2) is 18.1 Å². The molecule has 0 saturated heterocycles. The maximum absolute atomic E-state index is 13.2. The second kappa shape index (κ2) is 8.90. The van der Waals surface area contributed by atoms with E-state index in [0.29, 0.717) is 23.0 Å². The molecule has 3 aromatic rings. The zero-order chi connectivity index (χ0) is 24.8. The van der Waals surface area contributed by atoms with Gasteiger partial charge < -0.3 is 14.8 Å². The number of sulfonamides is 1. The fourth-order valence-electron chi connectivity index (χ4n) is 5.00. The molecule has 188 valence electrons. The van der Waals surface area contributed by atoms with Crippen molar-refractivity contribution in [1.29, 1.82) is 0 Å². The highest BCUT2D eigenvalue weighted by Crippen LogP contribution is 2.51. The van der Waals surface area contributed by atoms with Crippen molar-refractivity contribution >= 4 is 21.7 Å². The Morgan fingerprint density at radius 2 is 1.72 bits per heavy atom. The summed E-state index contributed by atoms with van der Waals surface area (Å²) in [7, 11) is -3.55. The molecule has 3 aliphatic rings. The van der Waals surface area contributed by atoms with Crippen molar-refractivity contribution in [3.8, 4) is 22.8 Å². The summed E-state index contributed by atoms with van der Waals surface area (Å²) in [5, 5.41) is 2.97. The van der Waals surface area contributed by atoms with Crippen LogP contribution in [0.25, 0.3) is 11.3 Å². The summed E-state index contributed by atoms with van der Waals surface area (Å²) in [6, 6.07) is 17.7. The minimum absolute atomic E-state index is 0. The smallest absolute Gasteiger partial charge is 0.240 e. The molecule has 0 unspecified atom stereocenters. The van der Waals surface area contributed by atoms with Gasteiger partial charge in [-0.15, -0.1) is 0 Å². The normalized spacial score (nSPS) is 18.2. The lowest BCUT2D eigenvalue weighted by atomic mass is 9.94. The summed E-state index contributed by atoms with van der Waals surface area (Å²) in [4.78, 5) is 18.1. The molecular weight excluding hydrogens is 478 g/mol. The topological polar surface area (TPSA) is 107 Å². The van der Waals surface area contributed by atoms with Crippen LogP contribution in [-0.4, -0.2) is 32.1 Å². The molecule has 8 nitrogen and oxygen atoms in total. The lowest BCUT2D eigenvalue weighted by Crippen LogP contribution is -2.32. The van der Waals surface area contributed by atoms with E-state index in [2.05, 4.69) is 15.0 Å².